The highest BCUT2D eigenvalue weighted by molar-refractivity contribution is 5.67. The lowest BCUT2D eigenvalue weighted by molar-refractivity contribution is 0.151. The highest BCUT2D eigenvalue weighted by Gasteiger charge is 2.00. The Labute approximate surface area is 101 Å². The largest absolute Gasteiger partial charge is 0.450 e. The maximum atomic E-state index is 11.1. The van der Waals surface area contributed by atoms with Gasteiger partial charge in [-0.3, -0.25) is 0 Å². The Hall–Kier alpha value is -1.99. The predicted molar refractivity (Wildman–Crippen MR) is 64.3 cm³/mol. The van der Waals surface area contributed by atoms with Crippen LogP contribution in [0.15, 0.2) is 24.3 Å². The van der Waals surface area contributed by atoms with Gasteiger partial charge in [-0.2, -0.15) is 0 Å². The van der Waals surface area contributed by atoms with Crippen molar-refractivity contribution in [3.63, 3.8) is 0 Å². The summed E-state index contributed by atoms with van der Waals surface area (Å²) in [4.78, 5) is 11.1. The first-order valence-corrected chi connectivity index (χ1v) is 5.35. The van der Waals surface area contributed by atoms with Crippen molar-refractivity contribution in [3.05, 3.63) is 35.4 Å². The van der Waals surface area contributed by atoms with Crippen molar-refractivity contribution in [3.8, 4) is 11.8 Å². The van der Waals surface area contributed by atoms with Gasteiger partial charge in [-0.05, 0) is 24.6 Å². The summed E-state index contributed by atoms with van der Waals surface area (Å²) in [6.45, 7) is 2.34. The van der Waals surface area contributed by atoms with Gasteiger partial charge in [0.15, 0.2) is 0 Å². The van der Waals surface area contributed by atoms with Crippen LogP contribution in [0, 0.1) is 11.8 Å². The van der Waals surface area contributed by atoms with Crippen molar-refractivity contribution in [2.45, 2.75) is 13.5 Å². The molecule has 1 aromatic carbocycles. The molecule has 0 saturated carbocycles. The molecule has 90 valence electrons. The molecular weight excluding hydrogens is 218 g/mol. The third-order valence-electron chi connectivity index (χ3n) is 1.95. The van der Waals surface area contributed by atoms with Crippen molar-refractivity contribution in [1.82, 2.24) is 5.32 Å². The molecule has 1 aromatic rings. The van der Waals surface area contributed by atoms with Gasteiger partial charge in [0.2, 0.25) is 0 Å². The molecule has 0 heterocycles. The zero-order chi connectivity index (χ0) is 12.5. The molecule has 0 saturated heterocycles. The van der Waals surface area contributed by atoms with Crippen LogP contribution in [0.3, 0.4) is 0 Å². The lowest BCUT2D eigenvalue weighted by Gasteiger charge is -2.05. The van der Waals surface area contributed by atoms with Crippen molar-refractivity contribution in [1.29, 1.82) is 0 Å². The Morgan fingerprint density at radius 3 is 3.06 bits per heavy atom. The smallest absolute Gasteiger partial charge is 0.407 e. The number of amides is 1. The predicted octanol–water partition coefficient (Wildman–Crippen LogP) is 1.28. The molecule has 0 aliphatic heterocycles. The first-order chi connectivity index (χ1) is 8.26. The van der Waals surface area contributed by atoms with E-state index in [-0.39, 0.29) is 6.61 Å². The summed E-state index contributed by atoms with van der Waals surface area (Å²) in [6, 6.07) is 7.44. The van der Waals surface area contributed by atoms with E-state index in [2.05, 4.69) is 17.2 Å². The molecular formula is C13H15NO3. The number of aliphatic hydroxyl groups is 1. The molecule has 0 aliphatic rings. The van der Waals surface area contributed by atoms with Crippen molar-refractivity contribution in [2.75, 3.05) is 13.2 Å². The highest BCUT2D eigenvalue weighted by Crippen LogP contribution is 2.03. The van der Waals surface area contributed by atoms with Crippen LogP contribution in [-0.2, 0) is 11.3 Å². The molecule has 4 heteroatoms. The number of hydrogen-bond donors (Lipinski definition) is 2. The van der Waals surface area contributed by atoms with Gasteiger partial charge in [-0.25, -0.2) is 4.79 Å². The average molecular weight is 233 g/mol. The van der Waals surface area contributed by atoms with Gasteiger partial charge in [-0.1, -0.05) is 24.0 Å². The monoisotopic (exact) mass is 233 g/mol. The number of aliphatic hydroxyl groups excluding tert-OH is 1. The van der Waals surface area contributed by atoms with Gasteiger partial charge in [0.1, 0.15) is 6.61 Å². The molecule has 0 atom stereocenters. The lowest BCUT2D eigenvalue weighted by atomic mass is 10.1. The highest BCUT2D eigenvalue weighted by atomic mass is 16.5. The van der Waals surface area contributed by atoms with Crippen LogP contribution in [0.25, 0.3) is 0 Å². The minimum Gasteiger partial charge on any atom is -0.450 e. The summed E-state index contributed by atoms with van der Waals surface area (Å²) in [5, 5.41) is 11.2. The van der Waals surface area contributed by atoms with Crippen LogP contribution in [0.2, 0.25) is 0 Å². The topological polar surface area (TPSA) is 58.6 Å². The number of benzene rings is 1. The quantitative estimate of drug-likeness (QED) is 0.773. The SMILES string of the molecule is CCOC(=O)NCc1cccc(C#CCO)c1. The third-order valence-corrected chi connectivity index (χ3v) is 1.95. The fourth-order valence-electron chi connectivity index (χ4n) is 1.26. The summed E-state index contributed by atoms with van der Waals surface area (Å²) in [5.74, 6) is 5.37. The van der Waals surface area contributed by atoms with Gasteiger partial charge in [0.05, 0.1) is 6.61 Å². The first-order valence-electron chi connectivity index (χ1n) is 5.35. The second-order valence-electron chi connectivity index (χ2n) is 3.23. The van der Waals surface area contributed by atoms with Crippen LogP contribution >= 0.6 is 0 Å². The normalized spacial score (nSPS) is 9.06. The van der Waals surface area contributed by atoms with E-state index in [4.69, 9.17) is 9.84 Å². The molecule has 0 fully saturated rings. The zero-order valence-corrected chi connectivity index (χ0v) is 9.69. The summed E-state index contributed by atoms with van der Waals surface area (Å²) in [6.07, 6.45) is -0.431. The Bertz CT molecular complexity index is 432. The Morgan fingerprint density at radius 1 is 1.53 bits per heavy atom. The maximum Gasteiger partial charge on any atom is 0.407 e. The molecule has 17 heavy (non-hydrogen) atoms. The van der Waals surface area contributed by atoms with E-state index in [0.29, 0.717) is 13.2 Å². The summed E-state index contributed by atoms with van der Waals surface area (Å²) >= 11 is 0. The van der Waals surface area contributed by atoms with E-state index >= 15 is 0 Å². The van der Waals surface area contributed by atoms with E-state index in [1.165, 1.54) is 0 Å². The summed E-state index contributed by atoms with van der Waals surface area (Å²) < 4.78 is 4.75. The van der Waals surface area contributed by atoms with Crippen LogP contribution < -0.4 is 5.32 Å². The molecule has 0 unspecified atom stereocenters. The number of alkyl carbamates (subject to hydrolysis) is 1. The minimum atomic E-state index is -0.431. The van der Waals surface area contributed by atoms with Crippen molar-refractivity contribution >= 4 is 6.09 Å². The standard InChI is InChI=1S/C13H15NO3/c1-2-17-13(16)14-10-12-6-3-5-11(9-12)7-4-8-15/h3,5-6,9,15H,2,8,10H2,1H3,(H,14,16). The van der Waals surface area contributed by atoms with E-state index in [9.17, 15) is 4.79 Å². The van der Waals surface area contributed by atoms with Crippen LogP contribution in [0.4, 0.5) is 4.79 Å². The maximum absolute atomic E-state index is 11.1. The van der Waals surface area contributed by atoms with Crippen LogP contribution in [0.1, 0.15) is 18.1 Å². The molecule has 0 radical (unpaired) electrons. The molecule has 4 nitrogen and oxygen atoms in total. The fourth-order valence-corrected chi connectivity index (χ4v) is 1.26. The lowest BCUT2D eigenvalue weighted by Crippen LogP contribution is -2.23. The first kappa shape index (κ1) is 13.1. The van der Waals surface area contributed by atoms with Crippen LogP contribution in [0.5, 0.6) is 0 Å². The average Bonchev–Trinajstić information content (AvgIpc) is 2.35. The molecule has 0 spiro atoms. The summed E-state index contributed by atoms with van der Waals surface area (Å²) in [5.41, 5.74) is 1.74. The van der Waals surface area contributed by atoms with E-state index in [1.54, 1.807) is 6.92 Å². The number of rotatable bonds is 3. The van der Waals surface area contributed by atoms with Gasteiger partial charge in [0, 0.05) is 12.1 Å². The molecule has 1 rings (SSSR count). The van der Waals surface area contributed by atoms with Crippen LogP contribution in [-0.4, -0.2) is 24.4 Å². The van der Waals surface area contributed by atoms with E-state index < -0.39 is 6.09 Å². The second kappa shape index (κ2) is 7.31. The van der Waals surface area contributed by atoms with Gasteiger partial charge < -0.3 is 15.2 Å². The van der Waals surface area contributed by atoms with Crippen molar-refractivity contribution < 1.29 is 14.6 Å². The minimum absolute atomic E-state index is 0.161. The number of carbonyl (C=O) groups excluding carboxylic acids is 1. The molecule has 0 bridgehead atoms. The fraction of sp³-hybridized carbons (Fsp3) is 0.308. The molecule has 0 aliphatic carbocycles. The number of nitrogens with one attached hydrogen (secondary N) is 1. The number of ether oxygens (including phenoxy) is 1. The second-order valence-corrected chi connectivity index (χ2v) is 3.23. The summed E-state index contributed by atoms with van der Waals surface area (Å²) in [7, 11) is 0. The van der Waals surface area contributed by atoms with Gasteiger partial charge in [0.25, 0.3) is 0 Å². The zero-order valence-electron chi connectivity index (χ0n) is 9.69. The Morgan fingerprint density at radius 2 is 2.35 bits per heavy atom. The molecule has 0 aromatic heterocycles. The number of hydrogen-bond acceptors (Lipinski definition) is 3. The van der Waals surface area contributed by atoms with E-state index in [1.807, 2.05) is 24.3 Å². The molecule has 1 amide bonds. The molecule has 2 N–H and O–H groups in total. The Balaban J connectivity index is 2.57. The van der Waals surface area contributed by atoms with Crippen molar-refractivity contribution in [2.24, 2.45) is 0 Å². The van der Waals surface area contributed by atoms with Gasteiger partial charge >= 0.3 is 6.09 Å². The third kappa shape index (κ3) is 5.05. The van der Waals surface area contributed by atoms with Gasteiger partial charge in [-0.15, -0.1) is 0 Å². The number of carbonyl (C=O) groups is 1. The van der Waals surface area contributed by atoms with E-state index in [0.717, 1.165) is 11.1 Å². The Kier molecular flexibility index (Phi) is 5.62.